The van der Waals surface area contributed by atoms with E-state index in [-0.39, 0.29) is 10.8 Å². The molecule has 0 aliphatic rings. The molecular weight excluding hydrogens is 216 g/mol. The molecule has 1 heterocycles. The van der Waals surface area contributed by atoms with Crippen LogP contribution in [0.2, 0.25) is 5.02 Å². The van der Waals surface area contributed by atoms with E-state index in [2.05, 4.69) is 0 Å². The standard InChI is InChI=1S/C11H9ClO3/c1-5-3-9-7(4-8(5)13)6(2)10(12)11(14)15-9/h3-4,13H,1-2H3. The zero-order valence-corrected chi connectivity index (χ0v) is 9.05. The molecule has 1 aromatic heterocycles. The Morgan fingerprint density at radius 3 is 2.67 bits per heavy atom. The van der Waals surface area contributed by atoms with Crippen LogP contribution in [0, 0.1) is 13.8 Å². The first kappa shape index (κ1) is 10.1. The van der Waals surface area contributed by atoms with Gasteiger partial charge in [-0.3, -0.25) is 0 Å². The first-order valence-corrected chi connectivity index (χ1v) is 4.81. The molecule has 15 heavy (non-hydrogen) atoms. The van der Waals surface area contributed by atoms with E-state index in [0.29, 0.717) is 22.1 Å². The molecule has 0 fully saturated rings. The van der Waals surface area contributed by atoms with Crippen LogP contribution in [0.25, 0.3) is 11.0 Å². The first-order chi connectivity index (χ1) is 7.00. The van der Waals surface area contributed by atoms with Gasteiger partial charge in [0.15, 0.2) is 0 Å². The minimum Gasteiger partial charge on any atom is -0.508 e. The van der Waals surface area contributed by atoms with Crippen molar-refractivity contribution < 1.29 is 9.52 Å². The molecule has 0 unspecified atom stereocenters. The van der Waals surface area contributed by atoms with Crippen molar-refractivity contribution in [1.82, 2.24) is 0 Å². The highest BCUT2D eigenvalue weighted by Crippen LogP contribution is 2.28. The average molecular weight is 225 g/mol. The van der Waals surface area contributed by atoms with E-state index >= 15 is 0 Å². The van der Waals surface area contributed by atoms with Crippen molar-refractivity contribution in [1.29, 1.82) is 0 Å². The average Bonchev–Trinajstić information content (AvgIpc) is 2.19. The Bertz CT molecular complexity index is 599. The molecule has 2 aromatic rings. The lowest BCUT2D eigenvalue weighted by atomic mass is 10.1. The molecule has 4 heteroatoms. The van der Waals surface area contributed by atoms with Gasteiger partial charge in [-0.25, -0.2) is 4.79 Å². The molecule has 2 rings (SSSR count). The Morgan fingerprint density at radius 2 is 2.00 bits per heavy atom. The molecule has 0 bridgehead atoms. The molecule has 0 spiro atoms. The zero-order chi connectivity index (χ0) is 11.2. The minimum absolute atomic E-state index is 0.0609. The zero-order valence-electron chi connectivity index (χ0n) is 8.30. The molecule has 0 saturated carbocycles. The topological polar surface area (TPSA) is 50.4 Å². The quantitative estimate of drug-likeness (QED) is 0.700. The van der Waals surface area contributed by atoms with Crippen molar-refractivity contribution in [2.24, 2.45) is 0 Å². The maximum absolute atomic E-state index is 11.3. The fourth-order valence-electron chi connectivity index (χ4n) is 1.46. The molecule has 78 valence electrons. The molecule has 0 amide bonds. The van der Waals surface area contributed by atoms with Crippen LogP contribution >= 0.6 is 11.6 Å². The van der Waals surface area contributed by atoms with Crippen molar-refractivity contribution in [2.75, 3.05) is 0 Å². The van der Waals surface area contributed by atoms with Gasteiger partial charge in [0.25, 0.3) is 0 Å². The second-order valence-corrected chi connectivity index (χ2v) is 3.84. The number of aromatic hydroxyl groups is 1. The third kappa shape index (κ3) is 1.49. The van der Waals surface area contributed by atoms with Crippen LogP contribution in [0.5, 0.6) is 5.75 Å². The lowest BCUT2D eigenvalue weighted by molar-refractivity contribution is 0.471. The van der Waals surface area contributed by atoms with Crippen LogP contribution in [0.4, 0.5) is 0 Å². The van der Waals surface area contributed by atoms with Gasteiger partial charge in [-0.1, -0.05) is 11.6 Å². The van der Waals surface area contributed by atoms with Gasteiger partial charge < -0.3 is 9.52 Å². The molecule has 0 aliphatic carbocycles. The summed E-state index contributed by atoms with van der Waals surface area (Å²) < 4.78 is 5.01. The second kappa shape index (κ2) is 3.28. The lowest BCUT2D eigenvalue weighted by Crippen LogP contribution is -2.01. The number of rotatable bonds is 0. The van der Waals surface area contributed by atoms with Gasteiger partial charge in [-0.2, -0.15) is 0 Å². The van der Waals surface area contributed by atoms with E-state index in [1.807, 2.05) is 0 Å². The Balaban J connectivity index is 3.00. The van der Waals surface area contributed by atoms with Crippen LogP contribution < -0.4 is 5.63 Å². The SMILES string of the molecule is Cc1cc2oc(=O)c(Cl)c(C)c2cc1O. The molecule has 3 nitrogen and oxygen atoms in total. The smallest absolute Gasteiger partial charge is 0.355 e. The third-order valence-corrected chi connectivity index (χ3v) is 2.85. The number of phenols is 1. The van der Waals surface area contributed by atoms with E-state index in [1.165, 1.54) is 0 Å². The van der Waals surface area contributed by atoms with Gasteiger partial charge in [0, 0.05) is 5.39 Å². The van der Waals surface area contributed by atoms with Gasteiger partial charge in [0.2, 0.25) is 0 Å². The summed E-state index contributed by atoms with van der Waals surface area (Å²) in [6, 6.07) is 3.17. The highest BCUT2D eigenvalue weighted by atomic mass is 35.5. The van der Waals surface area contributed by atoms with Crippen LogP contribution in [-0.4, -0.2) is 5.11 Å². The third-order valence-electron chi connectivity index (χ3n) is 2.41. The summed E-state index contributed by atoms with van der Waals surface area (Å²) in [6.45, 7) is 3.45. The number of phenolic OH excluding ortho intramolecular Hbond substituents is 1. The Kier molecular flexibility index (Phi) is 2.20. The van der Waals surface area contributed by atoms with Crippen LogP contribution in [0.1, 0.15) is 11.1 Å². The van der Waals surface area contributed by atoms with E-state index in [0.717, 1.165) is 0 Å². The number of hydrogen-bond acceptors (Lipinski definition) is 3. The minimum atomic E-state index is -0.549. The molecule has 0 radical (unpaired) electrons. The van der Waals surface area contributed by atoms with Gasteiger partial charge in [-0.15, -0.1) is 0 Å². The fraction of sp³-hybridized carbons (Fsp3) is 0.182. The molecule has 0 aliphatic heterocycles. The largest absolute Gasteiger partial charge is 0.508 e. The maximum Gasteiger partial charge on any atom is 0.355 e. The van der Waals surface area contributed by atoms with Gasteiger partial charge >= 0.3 is 5.63 Å². The summed E-state index contributed by atoms with van der Waals surface area (Å²) in [5.41, 5.74) is 1.18. The van der Waals surface area contributed by atoms with Gasteiger partial charge in [0.1, 0.15) is 16.4 Å². The summed E-state index contributed by atoms with van der Waals surface area (Å²) in [7, 11) is 0. The first-order valence-electron chi connectivity index (χ1n) is 4.43. The highest BCUT2D eigenvalue weighted by molar-refractivity contribution is 6.31. The predicted molar refractivity (Wildman–Crippen MR) is 58.6 cm³/mol. The van der Waals surface area contributed by atoms with E-state index < -0.39 is 5.63 Å². The van der Waals surface area contributed by atoms with Gasteiger partial charge in [0.05, 0.1) is 0 Å². The Morgan fingerprint density at radius 1 is 1.33 bits per heavy atom. The summed E-state index contributed by atoms with van der Waals surface area (Å²) >= 11 is 5.76. The van der Waals surface area contributed by atoms with Crippen molar-refractivity contribution in [3.8, 4) is 5.75 Å². The Labute approximate surface area is 90.9 Å². The molecule has 1 N–H and O–H groups in total. The Hall–Kier alpha value is -1.48. The fourth-order valence-corrected chi connectivity index (χ4v) is 1.60. The summed E-state index contributed by atoms with van der Waals surface area (Å²) in [5.74, 6) is 0.163. The van der Waals surface area contributed by atoms with E-state index in [9.17, 15) is 9.90 Å². The number of hydrogen-bond donors (Lipinski definition) is 1. The monoisotopic (exact) mass is 224 g/mol. The maximum atomic E-state index is 11.3. The second-order valence-electron chi connectivity index (χ2n) is 3.46. The lowest BCUT2D eigenvalue weighted by Gasteiger charge is -2.05. The van der Waals surface area contributed by atoms with Crippen molar-refractivity contribution in [2.45, 2.75) is 13.8 Å². The van der Waals surface area contributed by atoms with Gasteiger partial charge in [-0.05, 0) is 37.1 Å². The van der Waals surface area contributed by atoms with Crippen molar-refractivity contribution in [3.05, 3.63) is 38.7 Å². The van der Waals surface area contributed by atoms with Crippen LogP contribution in [0.15, 0.2) is 21.3 Å². The number of halogens is 1. The molecular formula is C11H9ClO3. The number of aryl methyl sites for hydroxylation is 2. The van der Waals surface area contributed by atoms with Crippen LogP contribution in [0.3, 0.4) is 0 Å². The number of benzene rings is 1. The van der Waals surface area contributed by atoms with Crippen LogP contribution in [-0.2, 0) is 0 Å². The van der Waals surface area contributed by atoms with Crippen molar-refractivity contribution >= 4 is 22.6 Å². The van der Waals surface area contributed by atoms with Crippen molar-refractivity contribution in [3.63, 3.8) is 0 Å². The van der Waals surface area contributed by atoms with E-state index in [4.69, 9.17) is 16.0 Å². The highest BCUT2D eigenvalue weighted by Gasteiger charge is 2.10. The molecule has 1 aromatic carbocycles. The molecule has 0 saturated heterocycles. The number of fused-ring (bicyclic) bond motifs is 1. The summed E-state index contributed by atoms with van der Waals surface area (Å²) in [6.07, 6.45) is 0. The summed E-state index contributed by atoms with van der Waals surface area (Å²) in [5, 5.41) is 10.3. The predicted octanol–water partition coefficient (Wildman–Crippen LogP) is 2.77. The molecule has 0 atom stereocenters. The normalized spacial score (nSPS) is 10.9. The van der Waals surface area contributed by atoms with E-state index in [1.54, 1.807) is 26.0 Å². The summed E-state index contributed by atoms with van der Waals surface area (Å²) in [4.78, 5) is 11.3.